The molecular formula is C21H24N2O3. The van der Waals surface area contributed by atoms with E-state index >= 15 is 0 Å². The summed E-state index contributed by atoms with van der Waals surface area (Å²) in [4.78, 5) is 26.0. The Kier molecular flexibility index (Phi) is 5.56. The first-order valence-corrected chi connectivity index (χ1v) is 8.89. The third-order valence-corrected chi connectivity index (χ3v) is 4.42. The van der Waals surface area contributed by atoms with Gasteiger partial charge in [-0.15, -0.1) is 0 Å². The molecule has 0 saturated carbocycles. The van der Waals surface area contributed by atoms with Crippen molar-refractivity contribution in [1.29, 1.82) is 0 Å². The van der Waals surface area contributed by atoms with Crippen molar-refractivity contribution in [1.82, 2.24) is 5.32 Å². The Hall–Kier alpha value is -2.82. The van der Waals surface area contributed by atoms with E-state index in [1.165, 1.54) is 5.56 Å². The van der Waals surface area contributed by atoms with E-state index in [2.05, 4.69) is 11.4 Å². The first-order chi connectivity index (χ1) is 12.5. The van der Waals surface area contributed by atoms with Gasteiger partial charge in [-0.1, -0.05) is 35.9 Å². The Bertz CT molecular complexity index is 817. The summed E-state index contributed by atoms with van der Waals surface area (Å²) in [7, 11) is 0. The lowest BCUT2D eigenvalue weighted by atomic mass is 10.1. The van der Waals surface area contributed by atoms with E-state index in [1.807, 2.05) is 50.2 Å². The average molecular weight is 352 g/mol. The number of ether oxygens (including phenoxy) is 1. The summed E-state index contributed by atoms with van der Waals surface area (Å²) >= 11 is 0. The van der Waals surface area contributed by atoms with Crippen molar-refractivity contribution in [2.24, 2.45) is 0 Å². The van der Waals surface area contributed by atoms with Crippen molar-refractivity contribution in [3.63, 3.8) is 0 Å². The summed E-state index contributed by atoms with van der Waals surface area (Å²) in [5.74, 6) is 0.652. The molecule has 3 rings (SSSR count). The van der Waals surface area contributed by atoms with Crippen molar-refractivity contribution in [3.8, 4) is 5.75 Å². The van der Waals surface area contributed by atoms with Gasteiger partial charge in [-0.05, 0) is 43.5 Å². The minimum absolute atomic E-state index is 0.00307. The monoisotopic (exact) mass is 352 g/mol. The van der Waals surface area contributed by atoms with Crippen LogP contribution in [0.25, 0.3) is 0 Å². The summed E-state index contributed by atoms with van der Waals surface area (Å²) < 4.78 is 5.48. The summed E-state index contributed by atoms with van der Waals surface area (Å²) in [6, 6.07) is 13.9. The van der Waals surface area contributed by atoms with Gasteiger partial charge in [0.2, 0.25) is 5.91 Å². The molecule has 0 radical (unpaired) electrons. The largest absolute Gasteiger partial charge is 0.482 e. The zero-order chi connectivity index (χ0) is 18.5. The van der Waals surface area contributed by atoms with Gasteiger partial charge in [0.15, 0.2) is 6.61 Å². The second kappa shape index (κ2) is 8.04. The Balaban J connectivity index is 1.51. The minimum atomic E-state index is -0.0664. The number of fused-ring (bicyclic) bond motifs is 1. The predicted octanol–water partition coefficient (Wildman–Crippen LogP) is 3.13. The van der Waals surface area contributed by atoms with E-state index in [0.717, 1.165) is 22.6 Å². The zero-order valence-corrected chi connectivity index (χ0v) is 15.2. The molecule has 0 atom stereocenters. The Morgan fingerprint density at radius 3 is 2.77 bits per heavy atom. The molecule has 26 heavy (non-hydrogen) atoms. The SMILES string of the molecule is Cc1cccc(CNC(=O)CCCN2C(=O)COc3ccc(C)cc32)c1. The molecule has 1 aliphatic heterocycles. The normalized spacial score (nSPS) is 13.2. The topological polar surface area (TPSA) is 58.6 Å². The number of amides is 2. The third kappa shape index (κ3) is 4.42. The van der Waals surface area contributed by atoms with Crippen LogP contribution < -0.4 is 15.0 Å². The molecule has 0 fully saturated rings. The van der Waals surface area contributed by atoms with Crippen LogP contribution in [0.3, 0.4) is 0 Å². The van der Waals surface area contributed by atoms with Crippen LogP contribution in [0.5, 0.6) is 5.75 Å². The molecule has 1 aliphatic rings. The summed E-state index contributed by atoms with van der Waals surface area (Å²) in [5.41, 5.74) is 4.13. The molecule has 5 nitrogen and oxygen atoms in total. The quantitative estimate of drug-likeness (QED) is 0.869. The number of hydrogen-bond acceptors (Lipinski definition) is 3. The fourth-order valence-corrected chi connectivity index (χ4v) is 3.07. The van der Waals surface area contributed by atoms with Gasteiger partial charge < -0.3 is 15.0 Å². The lowest BCUT2D eigenvalue weighted by Gasteiger charge is -2.29. The van der Waals surface area contributed by atoms with E-state index in [4.69, 9.17) is 4.74 Å². The summed E-state index contributed by atoms with van der Waals surface area (Å²) in [6.45, 7) is 5.10. The molecule has 0 aliphatic carbocycles. The minimum Gasteiger partial charge on any atom is -0.482 e. The van der Waals surface area contributed by atoms with Crippen LogP contribution >= 0.6 is 0 Å². The van der Waals surface area contributed by atoms with Crippen LogP contribution in [-0.4, -0.2) is 25.0 Å². The molecule has 0 aromatic heterocycles. The van der Waals surface area contributed by atoms with Gasteiger partial charge in [-0.3, -0.25) is 9.59 Å². The number of carbonyl (C=O) groups is 2. The maximum atomic E-state index is 12.2. The average Bonchev–Trinajstić information content (AvgIpc) is 2.62. The molecule has 5 heteroatoms. The number of aryl methyl sites for hydroxylation is 2. The van der Waals surface area contributed by atoms with E-state index in [0.29, 0.717) is 25.9 Å². The fourth-order valence-electron chi connectivity index (χ4n) is 3.07. The highest BCUT2D eigenvalue weighted by Gasteiger charge is 2.25. The van der Waals surface area contributed by atoms with Gasteiger partial charge in [-0.2, -0.15) is 0 Å². The predicted molar refractivity (Wildman–Crippen MR) is 101 cm³/mol. The van der Waals surface area contributed by atoms with Gasteiger partial charge >= 0.3 is 0 Å². The molecule has 0 saturated heterocycles. The first kappa shape index (κ1) is 18.0. The highest BCUT2D eigenvalue weighted by atomic mass is 16.5. The Morgan fingerprint density at radius 1 is 1.15 bits per heavy atom. The maximum absolute atomic E-state index is 12.2. The number of carbonyl (C=O) groups excluding carboxylic acids is 2. The Labute approximate surface area is 154 Å². The van der Waals surface area contributed by atoms with Crippen LogP contribution in [0.1, 0.15) is 29.5 Å². The van der Waals surface area contributed by atoms with Crippen molar-refractivity contribution >= 4 is 17.5 Å². The molecule has 1 heterocycles. The molecule has 2 aromatic carbocycles. The lowest BCUT2D eigenvalue weighted by molar-refractivity contribution is -0.123. The maximum Gasteiger partial charge on any atom is 0.265 e. The van der Waals surface area contributed by atoms with Gasteiger partial charge in [0, 0.05) is 19.5 Å². The van der Waals surface area contributed by atoms with E-state index < -0.39 is 0 Å². The second-order valence-corrected chi connectivity index (χ2v) is 6.67. The van der Waals surface area contributed by atoms with Crippen molar-refractivity contribution in [3.05, 3.63) is 59.2 Å². The van der Waals surface area contributed by atoms with E-state index in [-0.39, 0.29) is 18.4 Å². The number of nitrogens with one attached hydrogen (secondary N) is 1. The van der Waals surface area contributed by atoms with Crippen molar-refractivity contribution in [2.45, 2.75) is 33.2 Å². The highest BCUT2D eigenvalue weighted by Crippen LogP contribution is 2.32. The number of nitrogens with zero attached hydrogens (tertiary/aromatic N) is 1. The molecule has 0 unspecified atom stereocenters. The van der Waals surface area contributed by atoms with E-state index in [1.54, 1.807) is 4.90 Å². The smallest absolute Gasteiger partial charge is 0.265 e. The number of anilines is 1. The zero-order valence-electron chi connectivity index (χ0n) is 15.2. The van der Waals surface area contributed by atoms with Gasteiger partial charge in [0.25, 0.3) is 5.91 Å². The van der Waals surface area contributed by atoms with Crippen LogP contribution in [0.4, 0.5) is 5.69 Å². The fraction of sp³-hybridized carbons (Fsp3) is 0.333. The highest BCUT2D eigenvalue weighted by molar-refractivity contribution is 5.98. The first-order valence-electron chi connectivity index (χ1n) is 8.89. The molecule has 0 spiro atoms. The number of rotatable bonds is 6. The standard InChI is InChI=1S/C21H24N2O3/c1-15-5-3-6-17(11-15)13-22-20(24)7-4-10-23-18-12-16(2)8-9-19(18)26-14-21(23)25/h3,5-6,8-9,11-12H,4,7,10,13-14H2,1-2H3,(H,22,24). The molecule has 136 valence electrons. The van der Waals surface area contributed by atoms with Crippen LogP contribution in [-0.2, 0) is 16.1 Å². The van der Waals surface area contributed by atoms with Crippen LogP contribution in [0.2, 0.25) is 0 Å². The second-order valence-electron chi connectivity index (χ2n) is 6.67. The molecule has 2 aromatic rings. The Morgan fingerprint density at radius 2 is 1.96 bits per heavy atom. The molecule has 1 N–H and O–H groups in total. The number of benzene rings is 2. The third-order valence-electron chi connectivity index (χ3n) is 4.42. The van der Waals surface area contributed by atoms with Crippen LogP contribution in [0.15, 0.2) is 42.5 Å². The lowest BCUT2D eigenvalue weighted by Crippen LogP contribution is -2.39. The molecule has 0 bridgehead atoms. The van der Waals surface area contributed by atoms with Crippen molar-refractivity contribution < 1.29 is 14.3 Å². The van der Waals surface area contributed by atoms with Gasteiger partial charge in [0.05, 0.1) is 5.69 Å². The molecule has 2 amide bonds. The van der Waals surface area contributed by atoms with Gasteiger partial charge in [0.1, 0.15) is 5.75 Å². The van der Waals surface area contributed by atoms with Gasteiger partial charge in [-0.25, -0.2) is 0 Å². The number of hydrogen-bond donors (Lipinski definition) is 1. The van der Waals surface area contributed by atoms with E-state index in [9.17, 15) is 9.59 Å². The van der Waals surface area contributed by atoms with Crippen LogP contribution in [0, 0.1) is 13.8 Å². The summed E-state index contributed by atoms with van der Waals surface area (Å²) in [5, 5.41) is 2.94. The van der Waals surface area contributed by atoms with Crippen molar-refractivity contribution in [2.75, 3.05) is 18.1 Å². The summed E-state index contributed by atoms with van der Waals surface area (Å²) in [6.07, 6.45) is 0.996. The molecular weight excluding hydrogens is 328 g/mol.